The fourth-order valence-corrected chi connectivity index (χ4v) is 4.81. The zero-order chi connectivity index (χ0) is 24.6. The van der Waals surface area contributed by atoms with Crippen molar-refractivity contribution in [3.63, 3.8) is 0 Å². The van der Waals surface area contributed by atoms with Crippen molar-refractivity contribution in [1.82, 2.24) is 20.4 Å². The van der Waals surface area contributed by atoms with Crippen LogP contribution >= 0.6 is 0 Å². The van der Waals surface area contributed by atoms with Crippen LogP contribution in [-0.4, -0.2) is 39.6 Å². The van der Waals surface area contributed by atoms with Gasteiger partial charge in [0.15, 0.2) is 0 Å². The summed E-state index contributed by atoms with van der Waals surface area (Å²) in [6.45, 7) is 0.321. The number of urea groups is 1. The van der Waals surface area contributed by atoms with E-state index in [9.17, 15) is 22.8 Å². The van der Waals surface area contributed by atoms with E-state index in [4.69, 9.17) is 4.52 Å². The lowest BCUT2D eigenvalue weighted by Crippen LogP contribution is -2.61. The van der Waals surface area contributed by atoms with Gasteiger partial charge in [0.2, 0.25) is 17.6 Å². The molecule has 1 saturated carbocycles. The number of benzene rings is 2. The van der Waals surface area contributed by atoms with Crippen molar-refractivity contribution < 1.29 is 27.3 Å². The van der Waals surface area contributed by atoms with Crippen molar-refractivity contribution in [3.05, 3.63) is 71.6 Å². The van der Waals surface area contributed by atoms with Gasteiger partial charge in [-0.25, -0.2) is 4.79 Å². The van der Waals surface area contributed by atoms with Crippen LogP contribution in [0.2, 0.25) is 0 Å². The van der Waals surface area contributed by atoms with E-state index in [1.54, 1.807) is 0 Å². The molecule has 182 valence electrons. The summed E-state index contributed by atoms with van der Waals surface area (Å²) in [6, 6.07) is 13.5. The van der Waals surface area contributed by atoms with Gasteiger partial charge in [0.1, 0.15) is 0 Å². The molecule has 3 unspecified atom stereocenters. The van der Waals surface area contributed by atoms with Crippen LogP contribution in [0.1, 0.15) is 42.2 Å². The number of carbonyl (C=O) groups is 2. The van der Waals surface area contributed by atoms with Crippen molar-refractivity contribution in [2.45, 2.75) is 43.8 Å². The van der Waals surface area contributed by atoms with Crippen LogP contribution in [0.25, 0.3) is 11.4 Å². The summed E-state index contributed by atoms with van der Waals surface area (Å²) in [7, 11) is 0. The molecule has 1 aromatic heterocycles. The van der Waals surface area contributed by atoms with Crippen molar-refractivity contribution >= 4 is 11.9 Å². The maximum Gasteiger partial charge on any atom is 0.416 e. The van der Waals surface area contributed by atoms with Gasteiger partial charge >= 0.3 is 12.2 Å². The molecule has 1 N–H and O–H groups in total. The van der Waals surface area contributed by atoms with E-state index in [1.807, 2.05) is 30.3 Å². The van der Waals surface area contributed by atoms with Gasteiger partial charge in [-0.2, -0.15) is 18.2 Å². The zero-order valence-corrected chi connectivity index (χ0v) is 18.7. The van der Waals surface area contributed by atoms with E-state index < -0.39 is 17.8 Å². The lowest BCUT2D eigenvalue weighted by molar-refractivity contribution is -0.138. The molecule has 3 aromatic rings. The standard InChI is InChI=1S/C25H23F3N4O3/c26-25(27,28)18-9-6-16(7-10-18)21-30-22(35-31-21)17-8-11-19-20(14-17)29-24(34)32(23(19)33)13-12-15-4-2-1-3-5-15/h1-7,9-10,17,19-20H,8,11-14H2,(H,29,34). The summed E-state index contributed by atoms with van der Waals surface area (Å²) < 4.78 is 43.8. The Morgan fingerprint density at radius 1 is 1.03 bits per heavy atom. The summed E-state index contributed by atoms with van der Waals surface area (Å²) in [5.41, 5.74) is 0.717. The molecule has 3 amide bonds. The number of nitrogens with one attached hydrogen (secondary N) is 1. The van der Waals surface area contributed by atoms with E-state index in [2.05, 4.69) is 15.5 Å². The quantitative estimate of drug-likeness (QED) is 0.562. The van der Waals surface area contributed by atoms with Crippen LogP contribution in [0.3, 0.4) is 0 Å². The third-order valence-electron chi connectivity index (χ3n) is 6.72. The molecular formula is C25H23F3N4O3. The molecule has 2 aliphatic rings. The van der Waals surface area contributed by atoms with Gasteiger partial charge in [-0.3, -0.25) is 9.69 Å². The highest BCUT2D eigenvalue weighted by atomic mass is 19.4. The molecule has 2 heterocycles. The summed E-state index contributed by atoms with van der Waals surface area (Å²) in [6.07, 6.45) is -2.16. The molecule has 1 aliphatic heterocycles. The van der Waals surface area contributed by atoms with Crippen LogP contribution in [-0.2, 0) is 17.4 Å². The molecule has 7 nitrogen and oxygen atoms in total. The summed E-state index contributed by atoms with van der Waals surface area (Å²) in [4.78, 5) is 31.4. The molecule has 35 heavy (non-hydrogen) atoms. The number of amides is 3. The molecule has 5 rings (SSSR count). The Labute approximate surface area is 199 Å². The van der Waals surface area contributed by atoms with Crippen molar-refractivity contribution in [2.75, 3.05) is 6.54 Å². The number of nitrogens with zero attached hydrogens (tertiary/aromatic N) is 3. The second kappa shape index (κ2) is 9.16. The van der Waals surface area contributed by atoms with Crippen LogP contribution in [0.5, 0.6) is 0 Å². The van der Waals surface area contributed by atoms with Gasteiger partial charge in [0, 0.05) is 24.1 Å². The summed E-state index contributed by atoms with van der Waals surface area (Å²) in [5, 5.41) is 6.89. The minimum absolute atomic E-state index is 0.157. The fourth-order valence-electron chi connectivity index (χ4n) is 4.81. The topological polar surface area (TPSA) is 88.3 Å². The highest BCUT2D eigenvalue weighted by Crippen LogP contribution is 2.38. The van der Waals surface area contributed by atoms with E-state index in [1.165, 1.54) is 17.0 Å². The molecule has 0 bridgehead atoms. The number of halogens is 3. The second-order valence-electron chi connectivity index (χ2n) is 8.93. The van der Waals surface area contributed by atoms with Gasteiger partial charge < -0.3 is 9.84 Å². The number of hydrogen-bond donors (Lipinski definition) is 1. The number of fused-ring (bicyclic) bond motifs is 1. The molecule has 10 heteroatoms. The van der Waals surface area contributed by atoms with E-state index in [-0.39, 0.29) is 29.6 Å². The number of imide groups is 1. The van der Waals surface area contributed by atoms with Crippen molar-refractivity contribution in [3.8, 4) is 11.4 Å². The maximum absolute atomic E-state index is 13.1. The first-order valence-electron chi connectivity index (χ1n) is 11.5. The first kappa shape index (κ1) is 23.1. The van der Waals surface area contributed by atoms with Gasteiger partial charge in [-0.1, -0.05) is 47.6 Å². The smallest absolute Gasteiger partial charge is 0.339 e. The average molecular weight is 484 g/mol. The SMILES string of the molecule is O=C1NC2CC(c3nc(-c4ccc(C(F)(F)F)cc4)no3)CCC2C(=O)N1CCc1ccccc1. The van der Waals surface area contributed by atoms with Gasteiger partial charge in [-0.05, 0) is 43.4 Å². The Hall–Kier alpha value is -3.69. The lowest BCUT2D eigenvalue weighted by Gasteiger charge is -2.41. The highest BCUT2D eigenvalue weighted by Gasteiger charge is 2.45. The number of carbonyl (C=O) groups excluding carboxylic acids is 2. The minimum atomic E-state index is -4.42. The van der Waals surface area contributed by atoms with Crippen LogP contribution in [0.15, 0.2) is 59.1 Å². The Morgan fingerprint density at radius 3 is 2.49 bits per heavy atom. The third-order valence-corrected chi connectivity index (χ3v) is 6.72. The van der Waals surface area contributed by atoms with Gasteiger partial charge in [0.25, 0.3) is 0 Å². The number of rotatable bonds is 5. The largest absolute Gasteiger partial charge is 0.416 e. The Bertz CT molecular complexity index is 1210. The summed E-state index contributed by atoms with van der Waals surface area (Å²) in [5.74, 6) is -0.0738. The van der Waals surface area contributed by atoms with Crippen LogP contribution in [0.4, 0.5) is 18.0 Å². The number of alkyl halides is 3. The third kappa shape index (κ3) is 4.78. The summed E-state index contributed by atoms with van der Waals surface area (Å²) >= 11 is 0. The van der Waals surface area contributed by atoms with Crippen molar-refractivity contribution in [1.29, 1.82) is 0 Å². The average Bonchev–Trinajstić information content (AvgIpc) is 3.34. The van der Waals surface area contributed by atoms with E-state index in [0.717, 1.165) is 17.7 Å². The lowest BCUT2D eigenvalue weighted by atomic mass is 9.76. The zero-order valence-electron chi connectivity index (χ0n) is 18.7. The molecule has 1 aliphatic carbocycles. The monoisotopic (exact) mass is 484 g/mol. The predicted octanol–water partition coefficient (Wildman–Crippen LogP) is 4.80. The van der Waals surface area contributed by atoms with Gasteiger partial charge in [0.05, 0.1) is 11.5 Å². The molecule has 0 spiro atoms. The first-order valence-corrected chi connectivity index (χ1v) is 11.5. The van der Waals surface area contributed by atoms with Crippen LogP contribution < -0.4 is 5.32 Å². The first-order chi connectivity index (χ1) is 16.8. The molecule has 2 fully saturated rings. The normalized spacial score (nSPS) is 22.6. The molecule has 3 atom stereocenters. The second-order valence-corrected chi connectivity index (χ2v) is 8.93. The fraction of sp³-hybridized carbons (Fsp3) is 0.360. The molecular weight excluding hydrogens is 461 g/mol. The van der Waals surface area contributed by atoms with Crippen LogP contribution in [0, 0.1) is 5.92 Å². The van der Waals surface area contributed by atoms with E-state index in [0.29, 0.717) is 43.7 Å². The molecule has 0 radical (unpaired) electrons. The number of aromatic nitrogens is 2. The number of hydrogen-bond acceptors (Lipinski definition) is 5. The molecule has 2 aromatic carbocycles. The highest BCUT2D eigenvalue weighted by molar-refractivity contribution is 5.98. The van der Waals surface area contributed by atoms with E-state index >= 15 is 0 Å². The Balaban J connectivity index is 1.23. The Morgan fingerprint density at radius 2 is 1.77 bits per heavy atom. The Kier molecular flexibility index (Phi) is 6.04. The van der Waals surface area contributed by atoms with Gasteiger partial charge in [-0.15, -0.1) is 0 Å². The van der Waals surface area contributed by atoms with Crippen molar-refractivity contribution in [2.24, 2.45) is 5.92 Å². The molecule has 1 saturated heterocycles. The predicted molar refractivity (Wildman–Crippen MR) is 119 cm³/mol. The minimum Gasteiger partial charge on any atom is -0.339 e. The maximum atomic E-state index is 13.1.